The van der Waals surface area contributed by atoms with Crippen molar-refractivity contribution in [2.45, 2.75) is 0 Å². The molecule has 6 nitrogen and oxygen atoms in total. The Morgan fingerprint density at radius 2 is 2.36 bits per heavy atom. The number of anilines is 1. The molecule has 0 aliphatic carbocycles. The Balaban J connectivity index is 2.90. The van der Waals surface area contributed by atoms with Gasteiger partial charge in [-0.3, -0.25) is 0 Å². The number of rotatable bonds is 1. The first-order valence-corrected chi connectivity index (χ1v) is 2.77. The monoisotopic (exact) mass is 154 g/mol. The molecule has 0 amide bonds. The highest BCUT2D eigenvalue weighted by molar-refractivity contribution is 5.84. The van der Waals surface area contributed by atoms with Gasteiger partial charge < -0.3 is 10.5 Å². The van der Waals surface area contributed by atoms with E-state index in [2.05, 4.69) is 19.9 Å². The van der Waals surface area contributed by atoms with E-state index in [1.807, 2.05) is 0 Å². The lowest BCUT2D eigenvalue weighted by Gasteiger charge is -1.94. The number of nitrogen functional groups attached to an aromatic ring is 1. The number of nitrogens with two attached hydrogens (primary N) is 1. The van der Waals surface area contributed by atoms with Crippen LogP contribution in [-0.4, -0.2) is 28.3 Å². The van der Waals surface area contributed by atoms with Gasteiger partial charge in [0.1, 0.15) is 0 Å². The minimum Gasteiger partial charge on any atom is -0.463 e. The summed E-state index contributed by atoms with van der Waals surface area (Å²) in [4.78, 5) is 14.3. The van der Waals surface area contributed by atoms with Gasteiger partial charge in [-0.15, -0.1) is 10.2 Å². The topological polar surface area (TPSA) is 91.0 Å². The van der Waals surface area contributed by atoms with Crippen molar-refractivity contribution in [3.8, 4) is 0 Å². The quantitative estimate of drug-likeness (QED) is 0.534. The second-order valence-corrected chi connectivity index (χ2v) is 1.70. The molecule has 0 unspecified atom stereocenters. The van der Waals surface area contributed by atoms with E-state index in [1.165, 1.54) is 13.3 Å². The highest BCUT2D eigenvalue weighted by Gasteiger charge is 2.07. The summed E-state index contributed by atoms with van der Waals surface area (Å²) in [6, 6.07) is 0. The summed E-state index contributed by atoms with van der Waals surface area (Å²) in [5, 5.41) is 6.80. The SMILES string of the molecule is COC(=O)c1ncc(N)nn1. The number of methoxy groups -OCH3 is 1. The molecule has 1 rings (SSSR count). The van der Waals surface area contributed by atoms with Crippen molar-refractivity contribution in [2.24, 2.45) is 0 Å². The maximum atomic E-state index is 10.7. The lowest BCUT2D eigenvalue weighted by molar-refractivity contribution is 0.0585. The molecule has 0 radical (unpaired) electrons. The number of aromatic nitrogens is 3. The molecule has 0 aliphatic heterocycles. The molecule has 2 N–H and O–H groups in total. The molecule has 0 spiro atoms. The Morgan fingerprint density at radius 3 is 2.82 bits per heavy atom. The van der Waals surface area contributed by atoms with Gasteiger partial charge in [0, 0.05) is 0 Å². The van der Waals surface area contributed by atoms with Crippen LogP contribution in [0.1, 0.15) is 10.6 Å². The Kier molecular flexibility index (Phi) is 1.95. The van der Waals surface area contributed by atoms with Crippen LogP contribution < -0.4 is 5.73 Å². The lowest BCUT2D eigenvalue weighted by atomic mass is 10.6. The van der Waals surface area contributed by atoms with Crippen molar-refractivity contribution < 1.29 is 9.53 Å². The average molecular weight is 154 g/mol. The zero-order valence-corrected chi connectivity index (χ0v) is 5.81. The molecular formula is C5H6N4O2. The molecule has 0 aromatic carbocycles. The molecule has 0 aliphatic rings. The third-order valence-corrected chi connectivity index (χ3v) is 0.947. The van der Waals surface area contributed by atoms with Crippen molar-refractivity contribution in [1.29, 1.82) is 0 Å². The Hall–Kier alpha value is -1.72. The van der Waals surface area contributed by atoms with Crippen LogP contribution in [0.2, 0.25) is 0 Å². The van der Waals surface area contributed by atoms with Gasteiger partial charge in [0.05, 0.1) is 13.3 Å². The van der Waals surface area contributed by atoms with E-state index >= 15 is 0 Å². The average Bonchev–Trinajstić information content (AvgIpc) is 2.05. The summed E-state index contributed by atoms with van der Waals surface area (Å²) in [5.74, 6) is -0.558. The van der Waals surface area contributed by atoms with Crippen LogP contribution in [0.5, 0.6) is 0 Å². The summed E-state index contributed by atoms with van der Waals surface area (Å²) in [7, 11) is 1.24. The minimum atomic E-state index is -0.627. The van der Waals surface area contributed by atoms with E-state index in [4.69, 9.17) is 5.73 Å². The number of ether oxygens (including phenoxy) is 1. The first-order valence-electron chi connectivity index (χ1n) is 2.77. The van der Waals surface area contributed by atoms with Crippen LogP contribution in [0.25, 0.3) is 0 Å². The smallest absolute Gasteiger partial charge is 0.377 e. The molecule has 6 heteroatoms. The van der Waals surface area contributed by atoms with Gasteiger partial charge in [-0.25, -0.2) is 9.78 Å². The van der Waals surface area contributed by atoms with Crippen LogP contribution in [0, 0.1) is 0 Å². The van der Waals surface area contributed by atoms with E-state index in [1.54, 1.807) is 0 Å². The van der Waals surface area contributed by atoms with E-state index < -0.39 is 5.97 Å². The van der Waals surface area contributed by atoms with Crippen molar-refractivity contribution in [2.75, 3.05) is 12.8 Å². The standard InChI is InChI=1S/C5H6N4O2/c1-11-5(10)4-7-2-3(6)8-9-4/h2H,1H3,(H2,6,8). The molecule has 0 saturated carbocycles. The van der Waals surface area contributed by atoms with Crippen molar-refractivity contribution in [1.82, 2.24) is 15.2 Å². The van der Waals surface area contributed by atoms with E-state index in [-0.39, 0.29) is 11.6 Å². The van der Waals surface area contributed by atoms with Crippen molar-refractivity contribution >= 4 is 11.8 Å². The van der Waals surface area contributed by atoms with Gasteiger partial charge in [-0.2, -0.15) is 0 Å². The predicted octanol–water partition coefficient (Wildman–Crippen LogP) is -0.760. The van der Waals surface area contributed by atoms with Crippen LogP contribution in [0.4, 0.5) is 5.82 Å². The summed E-state index contributed by atoms with van der Waals surface area (Å²) in [6.07, 6.45) is 1.24. The Bertz CT molecular complexity index is 258. The third kappa shape index (κ3) is 1.60. The number of carbonyl (C=O) groups is 1. The number of esters is 1. The van der Waals surface area contributed by atoms with Crippen molar-refractivity contribution in [3.05, 3.63) is 12.0 Å². The summed E-state index contributed by atoms with van der Waals surface area (Å²) >= 11 is 0. The fourth-order valence-corrected chi connectivity index (χ4v) is 0.469. The number of hydrogen-bond donors (Lipinski definition) is 1. The van der Waals surface area contributed by atoms with Crippen LogP contribution >= 0.6 is 0 Å². The molecule has 1 aromatic rings. The van der Waals surface area contributed by atoms with Gasteiger partial charge in [-0.1, -0.05) is 0 Å². The zero-order chi connectivity index (χ0) is 8.27. The van der Waals surface area contributed by atoms with E-state index in [9.17, 15) is 4.79 Å². The van der Waals surface area contributed by atoms with Gasteiger partial charge in [0.2, 0.25) is 0 Å². The molecule has 0 atom stereocenters. The molecule has 1 aromatic heterocycles. The highest BCUT2D eigenvalue weighted by Crippen LogP contribution is 1.92. The molecular weight excluding hydrogens is 148 g/mol. The maximum Gasteiger partial charge on any atom is 0.377 e. The molecule has 11 heavy (non-hydrogen) atoms. The largest absolute Gasteiger partial charge is 0.463 e. The van der Waals surface area contributed by atoms with E-state index in [0.29, 0.717) is 0 Å². The second kappa shape index (κ2) is 2.91. The molecule has 58 valence electrons. The number of hydrogen-bond acceptors (Lipinski definition) is 6. The second-order valence-electron chi connectivity index (χ2n) is 1.70. The fraction of sp³-hybridized carbons (Fsp3) is 0.200. The van der Waals surface area contributed by atoms with Gasteiger partial charge >= 0.3 is 5.97 Å². The number of nitrogens with zero attached hydrogens (tertiary/aromatic N) is 3. The fourth-order valence-electron chi connectivity index (χ4n) is 0.469. The summed E-state index contributed by atoms with van der Waals surface area (Å²) in [5.41, 5.74) is 5.18. The maximum absolute atomic E-state index is 10.7. The van der Waals surface area contributed by atoms with Gasteiger partial charge in [0.25, 0.3) is 5.82 Å². The predicted molar refractivity (Wildman–Crippen MR) is 35.6 cm³/mol. The van der Waals surface area contributed by atoms with Gasteiger partial charge in [-0.05, 0) is 0 Å². The van der Waals surface area contributed by atoms with Crippen LogP contribution in [0.15, 0.2) is 6.20 Å². The normalized spacial score (nSPS) is 9.18. The van der Waals surface area contributed by atoms with Crippen LogP contribution in [-0.2, 0) is 4.74 Å². The molecule has 1 heterocycles. The lowest BCUT2D eigenvalue weighted by Crippen LogP contribution is -2.09. The number of carbonyl (C=O) groups excluding carboxylic acids is 1. The Morgan fingerprint density at radius 1 is 1.64 bits per heavy atom. The first-order chi connectivity index (χ1) is 5.24. The third-order valence-electron chi connectivity index (χ3n) is 0.947. The molecule has 0 saturated heterocycles. The minimum absolute atomic E-state index is 0.0956. The summed E-state index contributed by atoms with van der Waals surface area (Å²) in [6.45, 7) is 0. The zero-order valence-electron chi connectivity index (χ0n) is 5.81. The van der Waals surface area contributed by atoms with Crippen molar-refractivity contribution in [3.63, 3.8) is 0 Å². The molecule has 0 bridgehead atoms. The van der Waals surface area contributed by atoms with E-state index in [0.717, 1.165) is 0 Å². The first kappa shape index (κ1) is 7.39. The summed E-state index contributed by atoms with van der Waals surface area (Å²) < 4.78 is 4.33. The van der Waals surface area contributed by atoms with Crippen LogP contribution in [0.3, 0.4) is 0 Å². The Labute approximate surface area is 62.4 Å². The highest BCUT2D eigenvalue weighted by atomic mass is 16.5. The van der Waals surface area contributed by atoms with Gasteiger partial charge in [0.15, 0.2) is 5.82 Å². The molecule has 0 fully saturated rings.